The fraction of sp³-hybridized carbons (Fsp3) is 0.536. The number of benzene rings is 2. The molecule has 1 amide bonds. The summed E-state index contributed by atoms with van der Waals surface area (Å²) in [6.45, 7) is 9.27. The van der Waals surface area contributed by atoms with Gasteiger partial charge in [-0.1, -0.05) is 13.0 Å². The number of carbonyl (C=O) groups excluding carboxylic acids is 1. The summed E-state index contributed by atoms with van der Waals surface area (Å²) in [6, 6.07) is 12.2. The number of nitrogens with one attached hydrogen (secondary N) is 1. The molecule has 2 aromatic carbocycles. The first-order valence-corrected chi connectivity index (χ1v) is 14.6. The van der Waals surface area contributed by atoms with Gasteiger partial charge in [0.1, 0.15) is 11.8 Å². The molecule has 0 bridgehead atoms. The van der Waals surface area contributed by atoms with Gasteiger partial charge in [-0.15, -0.1) is 0 Å². The molecule has 2 aliphatic rings. The highest BCUT2D eigenvalue weighted by Crippen LogP contribution is 2.30. The van der Waals surface area contributed by atoms with E-state index >= 15 is 0 Å². The molecule has 0 spiro atoms. The lowest BCUT2D eigenvalue weighted by Gasteiger charge is -2.36. The zero-order chi connectivity index (χ0) is 26.8. The van der Waals surface area contributed by atoms with E-state index in [0.29, 0.717) is 38.2 Å². The Kier molecular flexibility index (Phi) is 8.02. The number of carbonyl (C=O) groups is 1. The number of hydrogen-bond donors (Lipinski definition) is 1. The molecule has 4 rings (SSSR count). The first-order valence-electron chi connectivity index (χ1n) is 13.1. The lowest BCUT2D eigenvalue weighted by atomic mass is 9.87. The van der Waals surface area contributed by atoms with Crippen LogP contribution >= 0.6 is 0 Å². The maximum absolute atomic E-state index is 13.5. The standard InChI is InChI=1S/C28H38FN3O4S/c1-5-15-32(27(33)36-28(2,3)4)25-9-7-20-17-23(8-6-21(20)18-25)30-37(34,35)26-12-10-24(11-13-26)31-16-14-22(29)19-31/h6,8,10-13,17,22,25,30H,5,7,9,14-16,18-19H2,1-4H3. The van der Waals surface area contributed by atoms with E-state index in [0.717, 1.165) is 36.1 Å². The minimum Gasteiger partial charge on any atom is -0.444 e. The summed E-state index contributed by atoms with van der Waals surface area (Å²) >= 11 is 0. The highest BCUT2D eigenvalue weighted by Gasteiger charge is 2.31. The Hall–Kier alpha value is -2.81. The van der Waals surface area contributed by atoms with Crippen molar-refractivity contribution in [3.8, 4) is 0 Å². The number of fused-ring (bicyclic) bond motifs is 1. The van der Waals surface area contributed by atoms with Crippen molar-refractivity contribution >= 4 is 27.5 Å². The molecular weight excluding hydrogens is 493 g/mol. The summed E-state index contributed by atoms with van der Waals surface area (Å²) in [6.07, 6.45) is 2.47. The van der Waals surface area contributed by atoms with Crippen LogP contribution in [0.15, 0.2) is 47.4 Å². The topological polar surface area (TPSA) is 79.0 Å². The van der Waals surface area contributed by atoms with E-state index in [1.165, 1.54) is 0 Å². The van der Waals surface area contributed by atoms with Crippen molar-refractivity contribution in [1.82, 2.24) is 4.90 Å². The normalized spacial score (nSPS) is 19.9. The summed E-state index contributed by atoms with van der Waals surface area (Å²) < 4.78 is 47.9. The Morgan fingerprint density at radius 2 is 1.86 bits per heavy atom. The zero-order valence-electron chi connectivity index (χ0n) is 22.2. The molecule has 1 aliphatic carbocycles. The molecule has 9 heteroatoms. The highest BCUT2D eigenvalue weighted by atomic mass is 32.2. The van der Waals surface area contributed by atoms with Gasteiger partial charge in [0.05, 0.1) is 4.90 Å². The van der Waals surface area contributed by atoms with E-state index < -0.39 is 21.8 Å². The molecule has 7 nitrogen and oxygen atoms in total. The SMILES string of the molecule is CCCN(C(=O)OC(C)(C)C)C1CCc2cc(NS(=O)(=O)c3ccc(N4CCC(F)C4)cc3)ccc2C1. The second-order valence-corrected chi connectivity index (χ2v) is 12.7. The van der Waals surface area contributed by atoms with Crippen LogP contribution in [0.5, 0.6) is 0 Å². The largest absolute Gasteiger partial charge is 0.444 e. The lowest BCUT2D eigenvalue weighted by Crippen LogP contribution is -2.46. The van der Waals surface area contributed by atoms with E-state index in [1.54, 1.807) is 30.3 Å². The fourth-order valence-corrected chi connectivity index (χ4v) is 6.10. The highest BCUT2D eigenvalue weighted by molar-refractivity contribution is 7.92. The Morgan fingerprint density at radius 1 is 1.14 bits per heavy atom. The van der Waals surface area contributed by atoms with E-state index in [1.807, 2.05) is 49.6 Å². The smallest absolute Gasteiger partial charge is 0.410 e. The van der Waals surface area contributed by atoms with Gasteiger partial charge < -0.3 is 14.5 Å². The van der Waals surface area contributed by atoms with Crippen LogP contribution in [0.2, 0.25) is 0 Å². The first-order chi connectivity index (χ1) is 17.4. The molecule has 1 heterocycles. The van der Waals surface area contributed by atoms with Crippen LogP contribution in [0, 0.1) is 0 Å². The van der Waals surface area contributed by atoms with Gasteiger partial charge in [0.25, 0.3) is 10.0 Å². The predicted molar refractivity (Wildman–Crippen MR) is 144 cm³/mol. The number of aryl methyl sites for hydroxylation is 1. The monoisotopic (exact) mass is 531 g/mol. The maximum Gasteiger partial charge on any atom is 0.410 e. The summed E-state index contributed by atoms with van der Waals surface area (Å²) in [5, 5.41) is 0. The van der Waals surface area contributed by atoms with Gasteiger partial charge >= 0.3 is 6.09 Å². The van der Waals surface area contributed by atoms with Gasteiger partial charge in [-0.05, 0) is 100 Å². The van der Waals surface area contributed by atoms with Crippen LogP contribution in [-0.4, -0.2) is 56.9 Å². The molecule has 1 saturated heterocycles. The third-order valence-corrected chi connectivity index (χ3v) is 8.23. The molecule has 1 N–H and O–H groups in total. The van der Waals surface area contributed by atoms with Gasteiger partial charge in [0.15, 0.2) is 0 Å². The average Bonchev–Trinajstić information content (AvgIpc) is 3.27. The van der Waals surface area contributed by atoms with Gasteiger partial charge in [0, 0.05) is 37.1 Å². The Morgan fingerprint density at radius 3 is 2.49 bits per heavy atom. The third kappa shape index (κ3) is 6.74. The number of nitrogens with zero attached hydrogens (tertiary/aromatic N) is 2. The van der Waals surface area contributed by atoms with Crippen molar-refractivity contribution in [2.45, 2.75) is 82.5 Å². The predicted octanol–water partition coefficient (Wildman–Crippen LogP) is 5.54. The molecule has 2 atom stereocenters. The second-order valence-electron chi connectivity index (χ2n) is 11.0. The molecule has 2 unspecified atom stereocenters. The molecule has 1 aliphatic heterocycles. The van der Waals surface area contributed by atoms with Crippen molar-refractivity contribution in [3.05, 3.63) is 53.6 Å². The molecule has 0 saturated carbocycles. The molecule has 0 radical (unpaired) electrons. The van der Waals surface area contributed by atoms with Gasteiger partial charge in [0.2, 0.25) is 0 Å². The van der Waals surface area contributed by atoms with E-state index in [-0.39, 0.29) is 17.0 Å². The van der Waals surface area contributed by atoms with E-state index in [4.69, 9.17) is 4.74 Å². The third-order valence-electron chi connectivity index (χ3n) is 6.84. The first kappa shape index (κ1) is 27.2. The Balaban J connectivity index is 1.43. The average molecular weight is 532 g/mol. The summed E-state index contributed by atoms with van der Waals surface area (Å²) in [7, 11) is -3.76. The Labute approximate surface area is 220 Å². The van der Waals surface area contributed by atoms with Gasteiger partial charge in [-0.2, -0.15) is 0 Å². The number of sulfonamides is 1. The molecular formula is C28H38FN3O4S. The summed E-state index contributed by atoms with van der Waals surface area (Å²) in [4.78, 5) is 16.8. The van der Waals surface area contributed by atoms with E-state index in [9.17, 15) is 17.6 Å². The zero-order valence-corrected chi connectivity index (χ0v) is 23.0. The summed E-state index contributed by atoms with van der Waals surface area (Å²) in [5.74, 6) is 0. The van der Waals surface area contributed by atoms with Crippen molar-refractivity contribution in [1.29, 1.82) is 0 Å². The van der Waals surface area contributed by atoms with Crippen molar-refractivity contribution in [2.75, 3.05) is 29.3 Å². The molecule has 0 aromatic heterocycles. The number of rotatable bonds is 7. The fourth-order valence-electron chi connectivity index (χ4n) is 5.05. The van der Waals surface area contributed by atoms with Crippen LogP contribution in [0.4, 0.5) is 20.6 Å². The molecule has 37 heavy (non-hydrogen) atoms. The number of anilines is 2. The lowest BCUT2D eigenvalue weighted by molar-refractivity contribution is 0.0146. The molecule has 202 valence electrons. The van der Waals surface area contributed by atoms with Gasteiger partial charge in [-0.25, -0.2) is 17.6 Å². The number of amides is 1. The number of hydrogen-bond acceptors (Lipinski definition) is 5. The quantitative estimate of drug-likeness (QED) is 0.508. The van der Waals surface area contributed by atoms with Crippen LogP contribution in [0.1, 0.15) is 58.1 Å². The van der Waals surface area contributed by atoms with Crippen molar-refractivity contribution in [3.63, 3.8) is 0 Å². The van der Waals surface area contributed by atoms with Crippen LogP contribution in [0.25, 0.3) is 0 Å². The van der Waals surface area contributed by atoms with Crippen LogP contribution in [0.3, 0.4) is 0 Å². The van der Waals surface area contributed by atoms with Crippen LogP contribution < -0.4 is 9.62 Å². The van der Waals surface area contributed by atoms with Crippen molar-refractivity contribution < 1.29 is 22.3 Å². The number of halogens is 1. The Bertz CT molecular complexity index is 1210. The molecule has 2 aromatic rings. The number of alkyl halides is 1. The molecule has 1 fully saturated rings. The minimum atomic E-state index is -3.76. The van der Waals surface area contributed by atoms with Crippen LogP contribution in [-0.2, 0) is 27.6 Å². The maximum atomic E-state index is 13.5. The summed E-state index contributed by atoms with van der Waals surface area (Å²) in [5.41, 5.74) is 2.99. The number of ether oxygens (including phenoxy) is 1. The second kappa shape index (κ2) is 10.9. The minimum absolute atomic E-state index is 0.0478. The van der Waals surface area contributed by atoms with E-state index in [2.05, 4.69) is 4.72 Å². The van der Waals surface area contributed by atoms with Gasteiger partial charge in [-0.3, -0.25) is 4.72 Å². The van der Waals surface area contributed by atoms with Crippen molar-refractivity contribution in [2.24, 2.45) is 0 Å².